The Morgan fingerprint density at radius 2 is 1.59 bits per heavy atom. The Bertz CT molecular complexity index is 466. The molecule has 0 bridgehead atoms. The molecule has 0 unspecified atom stereocenters. The quantitative estimate of drug-likeness (QED) is 0.697. The third kappa shape index (κ3) is 1.64. The van der Waals surface area contributed by atoms with Crippen LogP contribution >= 0.6 is 0 Å². The van der Waals surface area contributed by atoms with Crippen LogP contribution in [-0.4, -0.2) is 5.78 Å². The van der Waals surface area contributed by atoms with Gasteiger partial charge in [0.1, 0.15) is 0 Å². The monoisotopic (exact) mass is 230 g/mol. The van der Waals surface area contributed by atoms with Gasteiger partial charge in [-0.05, 0) is 30.2 Å². The van der Waals surface area contributed by atoms with E-state index < -0.39 is 0 Å². The maximum atomic E-state index is 12.6. The first-order chi connectivity index (χ1) is 7.69. The number of ketones is 1. The number of carbonyl (C=O) groups excluding carboxylic acids is 1. The Hall–Kier alpha value is -1.11. The number of rotatable bonds is 2. The molecule has 0 amide bonds. The molecular formula is C16H22O. The topological polar surface area (TPSA) is 17.1 Å². The zero-order valence-electron chi connectivity index (χ0n) is 11.7. The molecule has 17 heavy (non-hydrogen) atoms. The van der Waals surface area contributed by atoms with Gasteiger partial charge in [-0.2, -0.15) is 0 Å². The Morgan fingerprint density at radius 1 is 1.06 bits per heavy atom. The van der Waals surface area contributed by atoms with Gasteiger partial charge in [-0.3, -0.25) is 4.79 Å². The normalized spacial score (nSPS) is 21.3. The molecule has 0 aromatic heterocycles. The molecule has 1 aromatic carbocycles. The first-order valence-electron chi connectivity index (χ1n) is 6.31. The maximum Gasteiger partial charge on any atom is 0.167 e. The van der Waals surface area contributed by atoms with Crippen molar-refractivity contribution in [3.05, 3.63) is 34.9 Å². The molecule has 2 rings (SSSR count). The summed E-state index contributed by atoms with van der Waals surface area (Å²) in [5, 5.41) is 0. The molecule has 1 saturated carbocycles. The lowest BCUT2D eigenvalue weighted by Gasteiger charge is -2.07. The van der Waals surface area contributed by atoms with Crippen molar-refractivity contribution in [2.24, 2.45) is 16.7 Å². The van der Waals surface area contributed by atoms with Gasteiger partial charge >= 0.3 is 0 Å². The van der Waals surface area contributed by atoms with E-state index in [-0.39, 0.29) is 16.7 Å². The van der Waals surface area contributed by atoms with Gasteiger partial charge in [-0.1, -0.05) is 51.5 Å². The van der Waals surface area contributed by atoms with Crippen LogP contribution in [0.4, 0.5) is 0 Å². The van der Waals surface area contributed by atoms with Crippen molar-refractivity contribution in [1.82, 2.24) is 0 Å². The fourth-order valence-electron chi connectivity index (χ4n) is 3.10. The molecule has 1 fully saturated rings. The van der Waals surface area contributed by atoms with Gasteiger partial charge in [-0.25, -0.2) is 0 Å². The summed E-state index contributed by atoms with van der Waals surface area (Å²) >= 11 is 0. The van der Waals surface area contributed by atoms with Crippen molar-refractivity contribution >= 4 is 5.78 Å². The zero-order chi connectivity index (χ0) is 13.0. The molecule has 0 heterocycles. The van der Waals surface area contributed by atoms with Crippen molar-refractivity contribution in [2.75, 3.05) is 0 Å². The van der Waals surface area contributed by atoms with Crippen molar-refractivity contribution in [1.29, 1.82) is 0 Å². The molecule has 92 valence electrons. The second-order valence-electron chi connectivity index (χ2n) is 6.56. The zero-order valence-corrected chi connectivity index (χ0v) is 11.7. The van der Waals surface area contributed by atoms with E-state index in [0.29, 0.717) is 5.78 Å². The highest BCUT2D eigenvalue weighted by Crippen LogP contribution is 2.69. The summed E-state index contributed by atoms with van der Waals surface area (Å²) < 4.78 is 0. The summed E-state index contributed by atoms with van der Waals surface area (Å²) in [6.07, 6.45) is 0. The predicted octanol–water partition coefficient (Wildman–Crippen LogP) is 4.17. The summed E-state index contributed by atoms with van der Waals surface area (Å²) in [7, 11) is 0. The molecular weight excluding hydrogens is 208 g/mol. The summed E-state index contributed by atoms with van der Waals surface area (Å²) in [6, 6.07) is 6.11. The third-order valence-electron chi connectivity index (χ3n) is 4.93. The first-order valence-corrected chi connectivity index (χ1v) is 6.31. The molecule has 0 aliphatic heterocycles. The minimum absolute atomic E-state index is 0.126. The van der Waals surface area contributed by atoms with Crippen LogP contribution in [0.15, 0.2) is 18.2 Å². The Morgan fingerprint density at radius 3 is 2.00 bits per heavy atom. The average molecular weight is 230 g/mol. The summed E-state index contributed by atoms with van der Waals surface area (Å²) in [5.74, 6) is 0.480. The molecule has 0 radical (unpaired) electrons. The van der Waals surface area contributed by atoms with E-state index in [4.69, 9.17) is 0 Å². The van der Waals surface area contributed by atoms with Gasteiger partial charge in [0.25, 0.3) is 0 Å². The first kappa shape index (κ1) is 12.3. The van der Waals surface area contributed by atoms with Crippen LogP contribution in [0, 0.1) is 30.6 Å². The van der Waals surface area contributed by atoms with E-state index in [1.165, 1.54) is 5.56 Å². The van der Waals surface area contributed by atoms with Crippen molar-refractivity contribution in [3.8, 4) is 0 Å². The van der Waals surface area contributed by atoms with Crippen LogP contribution in [-0.2, 0) is 0 Å². The summed E-state index contributed by atoms with van der Waals surface area (Å²) in [5.41, 5.74) is 3.48. The van der Waals surface area contributed by atoms with Gasteiger partial charge < -0.3 is 0 Å². The Labute approximate surface area is 104 Å². The van der Waals surface area contributed by atoms with Crippen molar-refractivity contribution in [3.63, 3.8) is 0 Å². The van der Waals surface area contributed by atoms with E-state index in [2.05, 4.69) is 40.7 Å². The smallest absolute Gasteiger partial charge is 0.167 e. The van der Waals surface area contributed by atoms with Crippen molar-refractivity contribution in [2.45, 2.75) is 41.5 Å². The fourth-order valence-corrected chi connectivity index (χ4v) is 3.10. The number of hydrogen-bond donors (Lipinski definition) is 0. The van der Waals surface area contributed by atoms with Crippen LogP contribution < -0.4 is 0 Å². The standard InChI is InChI=1S/C16H22O/c1-10-7-8-12(11(2)9-10)13(17)14-15(3,4)16(14,5)6/h7-9,14H,1-6H3. The Kier molecular flexibility index (Phi) is 2.50. The predicted molar refractivity (Wildman–Crippen MR) is 71.3 cm³/mol. The number of benzene rings is 1. The minimum Gasteiger partial charge on any atom is -0.294 e. The third-order valence-corrected chi connectivity index (χ3v) is 4.93. The molecule has 0 saturated heterocycles. The second-order valence-corrected chi connectivity index (χ2v) is 6.56. The summed E-state index contributed by atoms with van der Waals surface area (Å²) in [4.78, 5) is 12.6. The van der Waals surface area contributed by atoms with Gasteiger partial charge in [0.2, 0.25) is 0 Å². The minimum atomic E-state index is 0.126. The molecule has 0 spiro atoms. The number of aryl methyl sites for hydroxylation is 2. The van der Waals surface area contributed by atoms with E-state index in [1.807, 2.05) is 19.1 Å². The van der Waals surface area contributed by atoms with Gasteiger partial charge in [0.05, 0.1) is 0 Å². The van der Waals surface area contributed by atoms with Crippen LogP contribution in [0.25, 0.3) is 0 Å². The van der Waals surface area contributed by atoms with Gasteiger partial charge in [0, 0.05) is 11.5 Å². The lowest BCUT2D eigenvalue weighted by molar-refractivity contribution is 0.0944. The highest BCUT2D eigenvalue weighted by Gasteiger charge is 2.67. The average Bonchev–Trinajstić information content (AvgIpc) is 2.56. The molecule has 1 aliphatic rings. The number of Topliss-reactive ketones (excluding diaryl/α,β-unsaturated/α-hetero) is 1. The summed E-state index contributed by atoms with van der Waals surface area (Å²) in [6.45, 7) is 12.9. The SMILES string of the molecule is Cc1ccc(C(=O)C2C(C)(C)C2(C)C)c(C)c1. The maximum absolute atomic E-state index is 12.6. The molecule has 1 aliphatic carbocycles. The number of carbonyl (C=O) groups is 1. The van der Waals surface area contributed by atoms with Gasteiger partial charge in [-0.15, -0.1) is 0 Å². The van der Waals surface area contributed by atoms with E-state index >= 15 is 0 Å². The fraction of sp³-hybridized carbons (Fsp3) is 0.562. The van der Waals surface area contributed by atoms with E-state index in [1.54, 1.807) is 0 Å². The highest BCUT2D eigenvalue weighted by atomic mass is 16.1. The molecule has 0 atom stereocenters. The van der Waals surface area contributed by atoms with Gasteiger partial charge in [0.15, 0.2) is 5.78 Å². The van der Waals surface area contributed by atoms with E-state index in [0.717, 1.165) is 11.1 Å². The molecule has 1 aromatic rings. The molecule has 0 N–H and O–H groups in total. The van der Waals surface area contributed by atoms with Crippen LogP contribution in [0.3, 0.4) is 0 Å². The largest absolute Gasteiger partial charge is 0.294 e. The lowest BCUT2D eigenvalue weighted by Crippen LogP contribution is -2.09. The van der Waals surface area contributed by atoms with Crippen LogP contribution in [0.5, 0.6) is 0 Å². The van der Waals surface area contributed by atoms with E-state index in [9.17, 15) is 4.79 Å². The van der Waals surface area contributed by atoms with Crippen molar-refractivity contribution < 1.29 is 4.79 Å². The molecule has 1 nitrogen and oxygen atoms in total. The Balaban J connectivity index is 2.35. The highest BCUT2D eigenvalue weighted by molar-refractivity contribution is 6.02. The second kappa shape index (κ2) is 3.44. The lowest BCUT2D eigenvalue weighted by atomic mass is 9.96. The molecule has 1 heteroatoms. The van der Waals surface area contributed by atoms with Crippen LogP contribution in [0.2, 0.25) is 0 Å². The number of hydrogen-bond acceptors (Lipinski definition) is 1. The van der Waals surface area contributed by atoms with Crippen LogP contribution in [0.1, 0.15) is 49.2 Å².